The van der Waals surface area contributed by atoms with E-state index >= 15 is 0 Å². The summed E-state index contributed by atoms with van der Waals surface area (Å²) in [4.78, 5) is 30.1. The van der Waals surface area contributed by atoms with Crippen LogP contribution in [0.15, 0.2) is 22.4 Å². The first-order valence-electron chi connectivity index (χ1n) is 8.62. The van der Waals surface area contributed by atoms with Gasteiger partial charge in [-0.15, -0.1) is 36.2 Å². The number of amides is 1. The summed E-state index contributed by atoms with van der Waals surface area (Å²) in [5.74, 6) is -0.328. The molecular weight excluding hydrogens is 407 g/mol. The van der Waals surface area contributed by atoms with Crippen molar-refractivity contribution in [1.29, 1.82) is 0 Å². The molecule has 0 bridgehead atoms. The van der Waals surface area contributed by atoms with Crippen LogP contribution in [0, 0.1) is 13.8 Å². The van der Waals surface area contributed by atoms with Gasteiger partial charge in [0.2, 0.25) is 0 Å². The molecule has 3 heterocycles. The molecule has 0 saturated carbocycles. The van der Waals surface area contributed by atoms with Gasteiger partial charge >= 0.3 is 0 Å². The van der Waals surface area contributed by atoms with E-state index in [2.05, 4.69) is 15.6 Å². The van der Waals surface area contributed by atoms with Gasteiger partial charge in [0.25, 0.3) is 11.5 Å². The molecule has 1 amide bonds. The lowest BCUT2D eigenvalue weighted by molar-refractivity contribution is 0.0936. The SMILES string of the molecule is Cc1csc(C(C)NC(=O)c2c(C)ccn(C3CCNCC3)c2=O)n1.Cl.Cl. The first-order valence-corrected chi connectivity index (χ1v) is 9.50. The maximum atomic E-state index is 12.9. The van der Waals surface area contributed by atoms with Crippen LogP contribution in [0.3, 0.4) is 0 Å². The highest BCUT2D eigenvalue weighted by Crippen LogP contribution is 2.19. The Kier molecular flexibility index (Phi) is 8.94. The Balaban J connectivity index is 0.00000182. The zero-order valence-corrected chi connectivity index (χ0v) is 18.1. The van der Waals surface area contributed by atoms with Crippen molar-refractivity contribution in [2.45, 2.75) is 45.7 Å². The van der Waals surface area contributed by atoms with Gasteiger partial charge < -0.3 is 15.2 Å². The summed E-state index contributed by atoms with van der Waals surface area (Å²) in [6.45, 7) is 7.41. The van der Waals surface area contributed by atoms with Gasteiger partial charge in [0.15, 0.2) is 0 Å². The summed E-state index contributed by atoms with van der Waals surface area (Å²) < 4.78 is 1.72. The van der Waals surface area contributed by atoms with Crippen molar-refractivity contribution >= 4 is 42.1 Å². The highest BCUT2D eigenvalue weighted by Gasteiger charge is 2.23. The van der Waals surface area contributed by atoms with Crippen LogP contribution in [0.2, 0.25) is 0 Å². The minimum atomic E-state index is -0.328. The highest BCUT2D eigenvalue weighted by molar-refractivity contribution is 7.09. The Hall–Kier alpha value is -1.41. The number of hydrogen-bond donors (Lipinski definition) is 2. The van der Waals surface area contributed by atoms with Gasteiger partial charge in [-0.3, -0.25) is 9.59 Å². The number of aromatic nitrogens is 2. The predicted octanol–water partition coefficient (Wildman–Crippen LogP) is 3.18. The average Bonchev–Trinajstić information content (AvgIpc) is 3.02. The number of piperidine rings is 1. The first kappa shape index (κ1) is 23.6. The van der Waals surface area contributed by atoms with Gasteiger partial charge in [-0.1, -0.05) is 0 Å². The second kappa shape index (κ2) is 10.2. The molecule has 1 aliphatic rings. The smallest absolute Gasteiger partial charge is 0.263 e. The normalized spacial score (nSPS) is 15.4. The number of thiazole rings is 1. The van der Waals surface area contributed by atoms with Crippen molar-refractivity contribution in [1.82, 2.24) is 20.2 Å². The van der Waals surface area contributed by atoms with Crippen LogP contribution >= 0.6 is 36.2 Å². The number of aryl methyl sites for hydroxylation is 2. The van der Waals surface area contributed by atoms with Crippen LogP contribution < -0.4 is 16.2 Å². The molecule has 3 rings (SSSR count). The third-order valence-corrected chi connectivity index (χ3v) is 5.76. The van der Waals surface area contributed by atoms with Gasteiger partial charge in [-0.2, -0.15) is 0 Å². The fraction of sp³-hybridized carbons (Fsp3) is 0.500. The molecule has 1 aliphatic heterocycles. The number of rotatable bonds is 4. The van der Waals surface area contributed by atoms with Crippen LogP contribution in [-0.4, -0.2) is 28.5 Å². The summed E-state index contributed by atoms with van der Waals surface area (Å²) in [6, 6.07) is 1.79. The number of nitrogens with zero attached hydrogens (tertiary/aromatic N) is 2. The summed E-state index contributed by atoms with van der Waals surface area (Å²) >= 11 is 1.51. The molecule has 1 unspecified atom stereocenters. The average molecular weight is 433 g/mol. The summed E-state index contributed by atoms with van der Waals surface area (Å²) in [5, 5.41) is 9.02. The van der Waals surface area contributed by atoms with Gasteiger partial charge in [0.1, 0.15) is 10.6 Å². The minimum absolute atomic E-state index is 0. The molecule has 1 saturated heterocycles. The molecule has 27 heavy (non-hydrogen) atoms. The summed E-state index contributed by atoms with van der Waals surface area (Å²) in [5.41, 5.74) is 1.67. The monoisotopic (exact) mass is 432 g/mol. The topological polar surface area (TPSA) is 76.0 Å². The predicted molar refractivity (Wildman–Crippen MR) is 114 cm³/mol. The summed E-state index contributed by atoms with van der Waals surface area (Å²) in [6.07, 6.45) is 3.62. The van der Waals surface area contributed by atoms with Gasteiger partial charge in [-0.25, -0.2) is 4.98 Å². The van der Waals surface area contributed by atoms with Gasteiger partial charge in [0.05, 0.1) is 6.04 Å². The number of halogens is 2. The number of hydrogen-bond acceptors (Lipinski definition) is 5. The Labute approximate surface area is 175 Å². The maximum Gasteiger partial charge on any atom is 0.263 e. The number of pyridine rings is 1. The van der Waals surface area contributed by atoms with Crippen LogP contribution in [0.1, 0.15) is 58.5 Å². The Bertz CT molecular complexity index is 831. The lowest BCUT2D eigenvalue weighted by Gasteiger charge is -2.25. The Morgan fingerprint density at radius 3 is 2.59 bits per heavy atom. The van der Waals surface area contributed by atoms with E-state index in [1.54, 1.807) is 11.5 Å². The van der Waals surface area contributed by atoms with E-state index in [4.69, 9.17) is 0 Å². The molecule has 0 radical (unpaired) electrons. The van der Waals surface area contributed by atoms with Crippen molar-refractivity contribution in [3.63, 3.8) is 0 Å². The van der Waals surface area contributed by atoms with Gasteiger partial charge in [0, 0.05) is 23.3 Å². The lowest BCUT2D eigenvalue weighted by atomic mass is 10.0. The van der Waals surface area contributed by atoms with Crippen LogP contribution in [0.5, 0.6) is 0 Å². The van der Waals surface area contributed by atoms with Gasteiger partial charge in [-0.05, 0) is 58.3 Å². The second-order valence-electron chi connectivity index (χ2n) is 6.59. The molecule has 6 nitrogen and oxygen atoms in total. The number of carbonyl (C=O) groups excluding carboxylic acids is 1. The van der Waals surface area contributed by atoms with E-state index in [0.717, 1.165) is 36.6 Å². The van der Waals surface area contributed by atoms with Crippen LogP contribution in [0.4, 0.5) is 0 Å². The largest absolute Gasteiger partial charge is 0.343 e. The molecule has 1 fully saturated rings. The van der Waals surface area contributed by atoms with Crippen LogP contribution in [-0.2, 0) is 0 Å². The molecule has 150 valence electrons. The molecule has 0 aromatic carbocycles. The zero-order chi connectivity index (χ0) is 18.0. The molecule has 0 aliphatic carbocycles. The minimum Gasteiger partial charge on any atom is -0.343 e. The fourth-order valence-corrected chi connectivity index (χ4v) is 3.99. The third kappa shape index (κ3) is 5.31. The zero-order valence-electron chi connectivity index (χ0n) is 15.7. The molecule has 0 spiro atoms. The van der Waals surface area contributed by atoms with E-state index in [-0.39, 0.29) is 53.9 Å². The lowest BCUT2D eigenvalue weighted by Crippen LogP contribution is -2.39. The molecule has 2 N–H and O–H groups in total. The standard InChI is InChI=1S/C18H24N4O2S.2ClH/c1-11-6-9-22(14-4-7-19-8-5-14)18(24)15(11)16(23)21-13(3)17-20-12(2)10-25-17;;/h6,9-10,13-14,19H,4-5,7-8H2,1-3H3,(H,21,23);2*1H. The van der Waals surface area contributed by atoms with Crippen molar-refractivity contribution in [2.24, 2.45) is 0 Å². The molecular formula is C18H26Cl2N4O2S. The molecule has 2 aromatic heterocycles. The van der Waals surface area contributed by atoms with Crippen molar-refractivity contribution in [2.75, 3.05) is 13.1 Å². The first-order chi connectivity index (χ1) is 12.0. The molecule has 9 heteroatoms. The second-order valence-corrected chi connectivity index (χ2v) is 7.48. The Morgan fingerprint density at radius 1 is 1.33 bits per heavy atom. The van der Waals surface area contributed by atoms with E-state index in [0.29, 0.717) is 5.56 Å². The third-order valence-electron chi connectivity index (χ3n) is 4.61. The highest BCUT2D eigenvalue weighted by atomic mass is 35.5. The fourth-order valence-electron chi connectivity index (χ4n) is 3.19. The number of carbonyl (C=O) groups is 1. The number of nitrogens with one attached hydrogen (secondary N) is 2. The summed E-state index contributed by atoms with van der Waals surface area (Å²) in [7, 11) is 0. The van der Waals surface area contributed by atoms with E-state index in [9.17, 15) is 9.59 Å². The van der Waals surface area contributed by atoms with E-state index < -0.39 is 0 Å². The van der Waals surface area contributed by atoms with Crippen LogP contribution in [0.25, 0.3) is 0 Å². The molecule has 2 aromatic rings. The van der Waals surface area contributed by atoms with E-state index in [1.165, 1.54) is 11.3 Å². The maximum absolute atomic E-state index is 12.9. The van der Waals surface area contributed by atoms with E-state index in [1.807, 2.05) is 31.5 Å². The Morgan fingerprint density at radius 2 is 2.00 bits per heavy atom. The van der Waals surface area contributed by atoms with Crippen molar-refractivity contribution in [3.8, 4) is 0 Å². The quantitative estimate of drug-likeness (QED) is 0.777. The molecule has 1 atom stereocenters. The van der Waals surface area contributed by atoms with Crippen molar-refractivity contribution in [3.05, 3.63) is 49.8 Å². The van der Waals surface area contributed by atoms with Crippen molar-refractivity contribution < 1.29 is 4.79 Å².